The highest BCUT2D eigenvalue weighted by atomic mass is 32.1. The van der Waals surface area contributed by atoms with Gasteiger partial charge in [0, 0.05) is 60.2 Å². The first-order valence-corrected chi connectivity index (χ1v) is 18.4. The lowest BCUT2D eigenvalue weighted by Crippen LogP contribution is -2.44. The Morgan fingerprint density at radius 1 is 0.760 bits per heavy atom. The summed E-state index contributed by atoms with van der Waals surface area (Å²) in [6, 6.07) is 13.0. The van der Waals surface area contributed by atoms with Crippen molar-refractivity contribution in [2.24, 2.45) is 23.7 Å². The Kier molecular flexibility index (Phi) is 7.71. The van der Waals surface area contributed by atoms with Gasteiger partial charge in [-0.05, 0) is 71.9 Å². The average Bonchev–Trinajstić information content (AvgIpc) is 3.54. The lowest BCUT2D eigenvalue weighted by Gasteiger charge is -2.37. The number of halogens is 1. The maximum atomic E-state index is 13.6. The van der Waals surface area contributed by atoms with Gasteiger partial charge in [-0.1, -0.05) is 12.1 Å². The highest BCUT2D eigenvalue weighted by Crippen LogP contribution is 2.56. The number of fused-ring (bicyclic) bond motifs is 3. The van der Waals surface area contributed by atoms with E-state index in [1.165, 1.54) is 35.6 Å². The Morgan fingerprint density at radius 2 is 1.28 bits per heavy atom. The smallest absolute Gasteiger partial charge is 0.269 e. The minimum atomic E-state index is -0.809. The molecule has 50 heavy (non-hydrogen) atoms. The van der Waals surface area contributed by atoms with Gasteiger partial charge in [0.25, 0.3) is 5.69 Å². The van der Waals surface area contributed by atoms with Crippen molar-refractivity contribution in [3.63, 3.8) is 0 Å². The Hall–Kier alpha value is -4.63. The van der Waals surface area contributed by atoms with E-state index in [1.54, 1.807) is 48.3 Å². The fraction of sp³-hybridized carbons (Fsp3) is 0.333. The van der Waals surface area contributed by atoms with Crippen LogP contribution in [0.5, 0.6) is 0 Å². The van der Waals surface area contributed by atoms with E-state index in [2.05, 4.69) is 29.7 Å². The van der Waals surface area contributed by atoms with Crippen LogP contribution in [-0.2, 0) is 0 Å². The van der Waals surface area contributed by atoms with Crippen molar-refractivity contribution in [3.05, 3.63) is 87.9 Å². The minimum absolute atomic E-state index is 0.0295. The molecule has 254 valence electrons. The molecule has 0 amide bonds. The van der Waals surface area contributed by atoms with Crippen LogP contribution in [0.2, 0.25) is 0 Å². The van der Waals surface area contributed by atoms with Gasteiger partial charge < -0.3 is 20.0 Å². The average molecular weight is 710 g/mol. The molecule has 2 saturated heterocycles. The summed E-state index contributed by atoms with van der Waals surface area (Å²) < 4.78 is 13.6. The van der Waals surface area contributed by atoms with E-state index in [4.69, 9.17) is 0 Å². The van der Waals surface area contributed by atoms with E-state index in [1.807, 2.05) is 10.8 Å². The Balaban J connectivity index is 0.859. The monoisotopic (exact) mass is 709 g/mol. The molecule has 3 fully saturated rings. The van der Waals surface area contributed by atoms with Gasteiger partial charge in [0.05, 0.1) is 27.9 Å². The molecule has 2 aromatic carbocycles. The zero-order valence-corrected chi connectivity index (χ0v) is 28.3. The number of nitro groups is 1. The molecular formula is C36H32FN7O4S2. The molecule has 2 aliphatic heterocycles. The van der Waals surface area contributed by atoms with Gasteiger partial charge in [-0.25, -0.2) is 24.3 Å². The van der Waals surface area contributed by atoms with Crippen molar-refractivity contribution in [1.82, 2.24) is 19.9 Å². The molecule has 2 N–H and O–H groups in total. The number of aliphatic hydroxyl groups is 2. The SMILES string of the molecule is O=[N+]([O-])c1ccc(-c2csc3ncnc(N4CCC(C(O)C(O)C5C6CN(c7ncnc8scc(-c9ccc(F)cc9)c78)CC65)CC4)c23)cc1. The summed E-state index contributed by atoms with van der Waals surface area (Å²) >= 11 is 3.07. The molecule has 1 aliphatic carbocycles. The third kappa shape index (κ3) is 5.29. The van der Waals surface area contributed by atoms with Gasteiger partial charge in [-0.15, -0.1) is 22.7 Å². The van der Waals surface area contributed by atoms with E-state index in [0.29, 0.717) is 13.1 Å². The molecule has 4 aromatic heterocycles. The molecule has 6 heterocycles. The Morgan fingerprint density at radius 3 is 1.82 bits per heavy atom. The number of piperidine rings is 2. The van der Waals surface area contributed by atoms with Gasteiger partial charge in [0.2, 0.25) is 0 Å². The van der Waals surface area contributed by atoms with Crippen LogP contribution < -0.4 is 9.80 Å². The second-order valence-corrected chi connectivity index (χ2v) is 15.2. The van der Waals surface area contributed by atoms with Crippen molar-refractivity contribution in [2.45, 2.75) is 25.0 Å². The van der Waals surface area contributed by atoms with Gasteiger partial charge in [-0.3, -0.25) is 10.1 Å². The third-order valence-corrected chi connectivity index (χ3v) is 12.6. The highest BCUT2D eigenvalue weighted by molar-refractivity contribution is 7.17. The van der Waals surface area contributed by atoms with E-state index in [-0.39, 0.29) is 35.2 Å². The van der Waals surface area contributed by atoms with Crippen LogP contribution in [0, 0.1) is 39.6 Å². The van der Waals surface area contributed by atoms with Crippen molar-refractivity contribution in [1.29, 1.82) is 0 Å². The molecular weight excluding hydrogens is 678 g/mol. The molecule has 4 atom stereocenters. The number of nitrogens with zero attached hydrogens (tertiary/aromatic N) is 7. The van der Waals surface area contributed by atoms with Crippen molar-refractivity contribution in [3.8, 4) is 22.3 Å². The normalized spacial score (nSPS) is 21.9. The number of thiophene rings is 2. The third-order valence-electron chi connectivity index (χ3n) is 10.9. The van der Waals surface area contributed by atoms with E-state index < -0.39 is 17.1 Å². The lowest BCUT2D eigenvalue weighted by atomic mass is 9.86. The predicted molar refractivity (Wildman–Crippen MR) is 192 cm³/mol. The molecule has 0 spiro atoms. The number of nitro benzene ring substituents is 1. The van der Waals surface area contributed by atoms with Crippen LogP contribution in [0.4, 0.5) is 21.7 Å². The maximum Gasteiger partial charge on any atom is 0.269 e. The molecule has 0 radical (unpaired) electrons. The quantitative estimate of drug-likeness (QED) is 0.135. The molecule has 1 saturated carbocycles. The first-order valence-electron chi connectivity index (χ1n) is 16.7. The first-order chi connectivity index (χ1) is 24.4. The molecule has 4 unspecified atom stereocenters. The number of benzene rings is 2. The summed E-state index contributed by atoms with van der Waals surface area (Å²) in [7, 11) is 0. The van der Waals surface area contributed by atoms with Crippen LogP contribution in [0.15, 0.2) is 71.9 Å². The summed E-state index contributed by atoms with van der Waals surface area (Å²) in [6.07, 6.45) is 3.01. The number of anilines is 2. The van der Waals surface area contributed by atoms with Crippen molar-refractivity contribution in [2.75, 3.05) is 36.0 Å². The molecule has 3 aliphatic rings. The van der Waals surface area contributed by atoms with Gasteiger partial charge in [0.1, 0.15) is 39.8 Å². The number of aliphatic hydroxyl groups excluding tert-OH is 2. The zero-order valence-electron chi connectivity index (χ0n) is 26.7. The number of hydrogen-bond acceptors (Lipinski definition) is 12. The molecule has 0 bridgehead atoms. The molecule has 6 aromatic rings. The van der Waals surface area contributed by atoms with E-state index in [0.717, 1.165) is 80.3 Å². The first kappa shape index (κ1) is 31.4. The number of rotatable bonds is 8. The lowest BCUT2D eigenvalue weighted by molar-refractivity contribution is -0.384. The number of aromatic nitrogens is 4. The summed E-state index contributed by atoms with van der Waals surface area (Å²) in [5.74, 6) is 1.99. The van der Waals surface area contributed by atoms with Crippen LogP contribution in [0.25, 0.3) is 42.7 Å². The molecule has 14 heteroatoms. The van der Waals surface area contributed by atoms with Crippen LogP contribution in [0.3, 0.4) is 0 Å². The fourth-order valence-electron chi connectivity index (χ4n) is 8.23. The predicted octanol–water partition coefficient (Wildman–Crippen LogP) is 6.40. The summed E-state index contributed by atoms with van der Waals surface area (Å²) in [4.78, 5) is 35.3. The van der Waals surface area contributed by atoms with E-state index in [9.17, 15) is 24.7 Å². The Labute approximate surface area is 293 Å². The zero-order chi connectivity index (χ0) is 34.1. The standard InChI is InChI=1S/C36H32FN7O4S2/c37-22-5-1-19(2-6-22)26-15-50-36-30(26)34(39-18-41-36)43-13-24-25(14-43)28(24)32(46)31(45)21-9-11-42(12-10-21)33-29-27(16-49-35(29)40-17-38-33)20-3-7-23(8-4-20)44(47)48/h1-8,15-18,21,24-25,28,31-32,45-46H,9-14H2. The van der Waals surface area contributed by atoms with Crippen LogP contribution in [-0.4, -0.2) is 73.5 Å². The summed E-state index contributed by atoms with van der Waals surface area (Å²) in [5.41, 5.74) is 3.76. The number of non-ortho nitro benzene ring substituents is 1. The van der Waals surface area contributed by atoms with Crippen LogP contribution in [0.1, 0.15) is 12.8 Å². The van der Waals surface area contributed by atoms with Gasteiger partial charge in [-0.2, -0.15) is 0 Å². The van der Waals surface area contributed by atoms with E-state index >= 15 is 0 Å². The van der Waals surface area contributed by atoms with Crippen LogP contribution >= 0.6 is 22.7 Å². The highest BCUT2D eigenvalue weighted by Gasteiger charge is 2.60. The summed E-state index contributed by atoms with van der Waals surface area (Å²) in [6.45, 7) is 2.87. The maximum absolute atomic E-state index is 13.6. The fourth-order valence-corrected chi connectivity index (χ4v) is 10.0. The minimum Gasteiger partial charge on any atom is -0.390 e. The van der Waals surface area contributed by atoms with Crippen molar-refractivity contribution >= 4 is 60.4 Å². The molecule has 11 nitrogen and oxygen atoms in total. The topological polar surface area (TPSA) is 142 Å². The number of hydrogen-bond donors (Lipinski definition) is 2. The van der Waals surface area contributed by atoms with Gasteiger partial charge in [0.15, 0.2) is 0 Å². The summed E-state index contributed by atoms with van der Waals surface area (Å²) in [5, 5.41) is 40.0. The van der Waals surface area contributed by atoms with Gasteiger partial charge >= 0.3 is 0 Å². The second-order valence-electron chi connectivity index (χ2n) is 13.5. The molecule has 9 rings (SSSR count). The second kappa shape index (κ2) is 12.3. The Bertz CT molecular complexity index is 2210. The largest absolute Gasteiger partial charge is 0.390 e. The van der Waals surface area contributed by atoms with Crippen molar-refractivity contribution < 1.29 is 19.5 Å².